The maximum absolute atomic E-state index is 11.9. The van der Waals surface area contributed by atoms with E-state index < -0.39 is 0 Å². The second-order valence-corrected chi connectivity index (χ2v) is 4.83. The quantitative estimate of drug-likeness (QED) is 0.811. The van der Waals surface area contributed by atoms with E-state index in [2.05, 4.69) is 22.5 Å². The van der Waals surface area contributed by atoms with Gasteiger partial charge in [-0.1, -0.05) is 13.3 Å². The first-order valence-corrected chi connectivity index (χ1v) is 6.75. The highest BCUT2D eigenvalue weighted by Gasteiger charge is 2.37. The summed E-state index contributed by atoms with van der Waals surface area (Å²) in [5, 5.41) is 6.19. The molecule has 1 heterocycles. The fraction of sp³-hybridized carbons (Fsp3) is 0.571. The molecule has 0 saturated heterocycles. The Balaban J connectivity index is 1.85. The molecule has 0 bridgehead atoms. The number of carbonyl (C=O) groups excluding carboxylic acids is 1. The van der Waals surface area contributed by atoms with Gasteiger partial charge in [-0.25, -0.2) is 4.98 Å². The van der Waals surface area contributed by atoms with Crippen LogP contribution < -0.4 is 10.6 Å². The number of nitrogens with one attached hydrogen (secondary N) is 2. The van der Waals surface area contributed by atoms with Crippen LogP contribution in [0.15, 0.2) is 18.3 Å². The third-order valence-corrected chi connectivity index (χ3v) is 3.28. The zero-order valence-corrected chi connectivity index (χ0v) is 11.1. The number of anilines is 1. The fourth-order valence-electron chi connectivity index (χ4n) is 2.19. The molecule has 0 spiro atoms. The molecule has 4 heteroatoms. The van der Waals surface area contributed by atoms with E-state index in [4.69, 9.17) is 0 Å². The Kier molecular flexibility index (Phi) is 4.18. The largest absolute Gasteiger partial charge is 0.384 e. The van der Waals surface area contributed by atoms with E-state index in [1.54, 1.807) is 12.3 Å². The number of rotatable bonds is 6. The summed E-state index contributed by atoms with van der Waals surface area (Å²) < 4.78 is 0. The van der Waals surface area contributed by atoms with Gasteiger partial charge in [0.1, 0.15) is 5.69 Å². The van der Waals surface area contributed by atoms with E-state index >= 15 is 0 Å². The first-order chi connectivity index (χ1) is 8.74. The van der Waals surface area contributed by atoms with Crippen molar-refractivity contribution in [2.75, 3.05) is 11.9 Å². The highest BCUT2D eigenvalue weighted by Crippen LogP contribution is 2.34. The van der Waals surface area contributed by atoms with Gasteiger partial charge in [0.15, 0.2) is 0 Å². The van der Waals surface area contributed by atoms with Crippen LogP contribution in [0.25, 0.3) is 0 Å². The minimum Gasteiger partial charge on any atom is -0.384 e. The summed E-state index contributed by atoms with van der Waals surface area (Å²) in [5.74, 6) is 0.627. The van der Waals surface area contributed by atoms with Gasteiger partial charge in [-0.3, -0.25) is 4.79 Å². The predicted octanol–water partition coefficient (Wildman–Crippen LogP) is 2.43. The van der Waals surface area contributed by atoms with Gasteiger partial charge in [0.05, 0.1) is 11.9 Å². The maximum atomic E-state index is 11.9. The van der Waals surface area contributed by atoms with Gasteiger partial charge in [0, 0.05) is 12.6 Å². The van der Waals surface area contributed by atoms with Gasteiger partial charge in [0.2, 0.25) is 0 Å². The van der Waals surface area contributed by atoms with Gasteiger partial charge in [-0.05, 0) is 37.8 Å². The van der Waals surface area contributed by atoms with Crippen molar-refractivity contribution in [1.29, 1.82) is 0 Å². The third-order valence-electron chi connectivity index (χ3n) is 3.28. The lowest BCUT2D eigenvalue weighted by molar-refractivity contribution is 0.0944. The Morgan fingerprint density at radius 3 is 2.89 bits per heavy atom. The zero-order valence-electron chi connectivity index (χ0n) is 11.1. The van der Waals surface area contributed by atoms with Crippen LogP contribution >= 0.6 is 0 Å². The van der Waals surface area contributed by atoms with Gasteiger partial charge in [-0.2, -0.15) is 0 Å². The summed E-state index contributed by atoms with van der Waals surface area (Å²) in [7, 11) is 0. The number of amides is 1. The van der Waals surface area contributed by atoms with E-state index in [-0.39, 0.29) is 5.91 Å². The van der Waals surface area contributed by atoms with Crippen molar-refractivity contribution in [2.45, 2.75) is 39.2 Å². The second-order valence-electron chi connectivity index (χ2n) is 4.83. The molecule has 1 fully saturated rings. The number of hydrogen-bond donors (Lipinski definition) is 2. The number of carbonyl (C=O) groups is 1. The predicted molar refractivity (Wildman–Crippen MR) is 72.7 cm³/mol. The van der Waals surface area contributed by atoms with E-state index in [9.17, 15) is 4.79 Å². The zero-order chi connectivity index (χ0) is 13.0. The standard InChI is InChI=1S/C14H21N3O/c1-3-5-10-8-13(10)17-14(18)12-7-6-11(9-16-12)15-4-2/h6-7,9-10,13,15H,3-5,8H2,1-2H3,(H,17,18). The number of nitrogens with zero attached hydrogens (tertiary/aromatic N) is 1. The molecular weight excluding hydrogens is 226 g/mol. The second kappa shape index (κ2) is 5.85. The maximum Gasteiger partial charge on any atom is 0.270 e. The number of pyridine rings is 1. The van der Waals surface area contributed by atoms with Crippen molar-refractivity contribution in [1.82, 2.24) is 10.3 Å². The number of hydrogen-bond acceptors (Lipinski definition) is 3. The van der Waals surface area contributed by atoms with E-state index in [1.807, 2.05) is 13.0 Å². The van der Waals surface area contributed by atoms with Crippen LogP contribution in [0.3, 0.4) is 0 Å². The molecule has 1 aromatic rings. The first-order valence-electron chi connectivity index (χ1n) is 6.75. The lowest BCUT2D eigenvalue weighted by atomic mass is 10.2. The monoisotopic (exact) mass is 247 g/mol. The molecule has 2 atom stereocenters. The molecular formula is C14H21N3O. The molecule has 18 heavy (non-hydrogen) atoms. The summed E-state index contributed by atoms with van der Waals surface area (Å²) in [6, 6.07) is 4.03. The topological polar surface area (TPSA) is 54.0 Å². The molecule has 4 nitrogen and oxygen atoms in total. The van der Waals surface area contributed by atoms with Crippen molar-refractivity contribution < 1.29 is 4.79 Å². The van der Waals surface area contributed by atoms with Crippen LogP contribution in [0.5, 0.6) is 0 Å². The van der Waals surface area contributed by atoms with E-state index in [1.165, 1.54) is 12.8 Å². The summed E-state index contributed by atoms with van der Waals surface area (Å²) in [6.45, 7) is 5.06. The molecule has 1 saturated carbocycles. The first kappa shape index (κ1) is 12.9. The van der Waals surface area contributed by atoms with E-state index in [0.717, 1.165) is 18.7 Å². The van der Waals surface area contributed by atoms with Crippen molar-refractivity contribution in [3.63, 3.8) is 0 Å². The molecule has 2 rings (SSSR count). The highest BCUT2D eigenvalue weighted by atomic mass is 16.2. The molecule has 2 N–H and O–H groups in total. The average molecular weight is 247 g/mol. The minimum absolute atomic E-state index is 0.0540. The third kappa shape index (κ3) is 3.22. The Morgan fingerprint density at radius 2 is 2.28 bits per heavy atom. The fourth-order valence-corrected chi connectivity index (χ4v) is 2.19. The SMILES string of the molecule is CCCC1CC1NC(=O)c1ccc(NCC)cn1. The summed E-state index contributed by atoms with van der Waals surface area (Å²) in [5.41, 5.74) is 1.45. The van der Waals surface area contributed by atoms with Gasteiger partial charge >= 0.3 is 0 Å². The molecule has 2 unspecified atom stereocenters. The van der Waals surface area contributed by atoms with Crippen LogP contribution in [0.2, 0.25) is 0 Å². The smallest absolute Gasteiger partial charge is 0.270 e. The molecule has 98 valence electrons. The molecule has 0 aromatic carbocycles. The van der Waals surface area contributed by atoms with Crippen LogP contribution in [0.1, 0.15) is 43.6 Å². The molecule has 1 aliphatic carbocycles. The molecule has 0 aliphatic heterocycles. The molecule has 1 amide bonds. The van der Waals surface area contributed by atoms with Crippen molar-refractivity contribution in [2.24, 2.45) is 5.92 Å². The lowest BCUT2D eigenvalue weighted by Crippen LogP contribution is -2.27. The summed E-state index contributed by atoms with van der Waals surface area (Å²) >= 11 is 0. The van der Waals surface area contributed by atoms with Crippen LogP contribution in [0.4, 0.5) is 5.69 Å². The lowest BCUT2D eigenvalue weighted by Gasteiger charge is -2.05. The molecule has 0 radical (unpaired) electrons. The van der Waals surface area contributed by atoms with Gasteiger partial charge in [-0.15, -0.1) is 0 Å². The van der Waals surface area contributed by atoms with Crippen molar-refractivity contribution in [3.8, 4) is 0 Å². The van der Waals surface area contributed by atoms with Crippen LogP contribution in [-0.2, 0) is 0 Å². The van der Waals surface area contributed by atoms with Gasteiger partial charge in [0.25, 0.3) is 5.91 Å². The normalized spacial score (nSPS) is 21.4. The molecule has 1 aromatic heterocycles. The molecule has 1 aliphatic rings. The van der Waals surface area contributed by atoms with Crippen molar-refractivity contribution >= 4 is 11.6 Å². The Bertz CT molecular complexity index is 402. The summed E-state index contributed by atoms with van der Waals surface area (Å²) in [4.78, 5) is 16.1. The van der Waals surface area contributed by atoms with E-state index in [0.29, 0.717) is 17.7 Å². The van der Waals surface area contributed by atoms with Gasteiger partial charge < -0.3 is 10.6 Å². The Morgan fingerprint density at radius 1 is 1.44 bits per heavy atom. The Labute approximate surface area is 108 Å². The average Bonchev–Trinajstić information content (AvgIpc) is 3.09. The summed E-state index contributed by atoms with van der Waals surface area (Å²) in [6.07, 6.45) is 5.22. The minimum atomic E-state index is -0.0540. The van der Waals surface area contributed by atoms with Crippen molar-refractivity contribution in [3.05, 3.63) is 24.0 Å². The number of aromatic nitrogens is 1. The van der Waals surface area contributed by atoms with Crippen LogP contribution in [-0.4, -0.2) is 23.5 Å². The Hall–Kier alpha value is -1.58. The highest BCUT2D eigenvalue weighted by molar-refractivity contribution is 5.92. The van der Waals surface area contributed by atoms with Crippen LogP contribution in [0, 0.1) is 5.92 Å².